The van der Waals surface area contributed by atoms with Gasteiger partial charge in [-0.25, -0.2) is 15.0 Å². The van der Waals surface area contributed by atoms with Crippen LogP contribution in [0.1, 0.15) is 25.3 Å². The summed E-state index contributed by atoms with van der Waals surface area (Å²) < 4.78 is 2.10. The minimum Gasteiger partial charge on any atom is -0.355 e. The number of amides is 1. The fraction of sp³-hybridized carbons (Fsp3) is 0.292. The van der Waals surface area contributed by atoms with Crippen LogP contribution in [0.4, 0.5) is 11.5 Å². The van der Waals surface area contributed by atoms with E-state index in [4.69, 9.17) is 4.98 Å². The van der Waals surface area contributed by atoms with Gasteiger partial charge >= 0.3 is 0 Å². The van der Waals surface area contributed by atoms with E-state index in [-0.39, 0.29) is 5.91 Å². The van der Waals surface area contributed by atoms with Crippen molar-refractivity contribution in [2.45, 2.75) is 31.7 Å². The fourth-order valence-corrected chi connectivity index (χ4v) is 5.14. The van der Waals surface area contributed by atoms with Crippen LogP contribution < -0.4 is 10.2 Å². The van der Waals surface area contributed by atoms with Crippen molar-refractivity contribution in [2.75, 3.05) is 23.3 Å². The van der Waals surface area contributed by atoms with Crippen molar-refractivity contribution in [1.29, 1.82) is 0 Å². The van der Waals surface area contributed by atoms with Crippen LogP contribution in [0, 0.1) is 0 Å². The summed E-state index contributed by atoms with van der Waals surface area (Å²) in [6.45, 7) is 4.30. The fourth-order valence-electron chi connectivity index (χ4n) is 5.14. The predicted octanol–water partition coefficient (Wildman–Crippen LogP) is 3.40. The van der Waals surface area contributed by atoms with Crippen molar-refractivity contribution in [3.05, 3.63) is 60.7 Å². The first-order chi connectivity index (χ1) is 15.7. The number of anilines is 2. The van der Waals surface area contributed by atoms with E-state index in [2.05, 4.69) is 42.7 Å². The van der Waals surface area contributed by atoms with Gasteiger partial charge in [0.05, 0.1) is 5.41 Å². The first-order valence-electron chi connectivity index (χ1n) is 11.0. The molecule has 0 atom stereocenters. The highest BCUT2D eigenvalue weighted by atomic mass is 16.2. The Morgan fingerprint density at radius 1 is 1.09 bits per heavy atom. The van der Waals surface area contributed by atoms with E-state index in [1.807, 2.05) is 36.5 Å². The molecule has 0 unspecified atom stereocenters. The van der Waals surface area contributed by atoms with Gasteiger partial charge in [-0.05, 0) is 43.5 Å². The van der Waals surface area contributed by atoms with Crippen LogP contribution in [-0.4, -0.2) is 43.5 Å². The Kier molecular flexibility index (Phi) is 4.21. The lowest BCUT2D eigenvalue weighted by Crippen LogP contribution is -2.46. The molecule has 160 valence electrons. The smallest absolute Gasteiger partial charge is 0.235 e. The lowest BCUT2D eigenvalue weighted by atomic mass is 9.73. The predicted molar refractivity (Wildman–Crippen MR) is 122 cm³/mol. The summed E-state index contributed by atoms with van der Waals surface area (Å²) in [7, 11) is 0. The second-order valence-corrected chi connectivity index (χ2v) is 8.36. The number of aryl methyl sites for hydroxylation is 1. The van der Waals surface area contributed by atoms with Gasteiger partial charge in [0, 0.05) is 43.3 Å². The molecule has 1 spiro atoms. The molecule has 8 heteroatoms. The number of rotatable bonds is 3. The molecule has 0 bridgehead atoms. The Hall–Kier alpha value is -3.81. The summed E-state index contributed by atoms with van der Waals surface area (Å²) in [4.78, 5) is 33.5. The van der Waals surface area contributed by atoms with Crippen molar-refractivity contribution in [3.8, 4) is 11.4 Å². The molecule has 1 amide bonds. The largest absolute Gasteiger partial charge is 0.355 e. The van der Waals surface area contributed by atoms with Crippen LogP contribution in [0.25, 0.3) is 22.6 Å². The number of nitrogens with one attached hydrogen (secondary N) is 1. The zero-order valence-corrected chi connectivity index (χ0v) is 17.8. The van der Waals surface area contributed by atoms with Gasteiger partial charge in [0.2, 0.25) is 5.91 Å². The average molecular weight is 425 g/mol. The van der Waals surface area contributed by atoms with Crippen molar-refractivity contribution in [1.82, 2.24) is 24.5 Å². The molecular weight excluding hydrogens is 402 g/mol. The maximum atomic E-state index is 12.9. The van der Waals surface area contributed by atoms with Gasteiger partial charge in [0.25, 0.3) is 0 Å². The standard InChI is InChI=1S/C24H23N7O/c1-2-31-20(16-6-5-11-25-14-16)29-19-21(26-15-27-22(19)31)30-12-9-24(10-13-30)17-7-3-4-8-18(17)28-23(24)32/h3-8,11,14-15H,2,9-10,12-13H2,1H3,(H,28,32). The summed E-state index contributed by atoms with van der Waals surface area (Å²) in [6.07, 6.45) is 6.67. The number of piperidine rings is 1. The van der Waals surface area contributed by atoms with Crippen molar-refractivity contribution in [3.63, 3.8) is 0 Å². The topological polar surface area (TPSA) is 88.8 Å². The molecule has 0 radical (unpaired) electrons. The number of pyridine rings is 1. The number of carbonyl (C=O) groups is 1. The third kappa shape index (κ3) is 2.65. The van der Waals surface area contributed by atoms with Crippen LogP contribution >= 0.6 is 0 Å². The van der Waals surface area contributed by atoms with Crippen molar-refractivity contribution in [2.24, 2.45) is 0 Å². The van der Waals surface area contributed by atoms with Crippen LogP contribution in [0.3, 0.4) is 0 Å². The van der Waals surface area contributed by atoms with Crippen molar-refractivity contribution >= 4 is 28.6 Å². The molecule has 6 rings (SSSR count). The lowest BCUT2D eigenvalue weighted by molar-refractivity contribution is -0.121. The molecule has 32 heavy (non-hydrogen) atoms. The zero-order valence-electron chi connectivity index (χ0n) is 17.8. The first kappa shape index (κ1) is 18.9. The quantitative estimate of drug-likeness (QED) is 0.541. The number of benzene rings is 1. The molecule has 8 nitrogen and oxygen atoms in total. The monoisotopic (exact) mass is 425 g/mol. The molecule has 1 saturated heterocycles. The molecule has 3 aromatic heterocycles. The number of carbonyl (C=O) groups excluding carboxylic acids is 1. The highest BCUT2D eigenvalue weighted by Crippen LogP contribution is 2.45. The lowest BCUT2D eigenvalue weighted by Gasteiger charge is -2.38. The number of aromatic nitrogens is 5. The minimum atomic E-state index is -0.455. The third-order valence-electron chi connectivity index (χ3n) is 6.79. The Morgan fingerprint density at radius 2 is 1.94 bits per heavy atom. The third-order valence-corrected chi connectivity index (χ3v) is 6.79. The Labute approximate surface area is 185 Å². The molecule has 2 aliphatic rings. The Morgan fingerprint density at radius 3 is 2.72 bits per heavy atom. The molecule has 5 heterocycles. The summed E-state index contributed by atoms with van der Waals surface area (Å²) in [5, 5.41) is 3.07. The molecular formula is C24H23N7O. The van der Waals surface area contributed by atoms with Gasteiger partial charge in [-0.2, -0.15) is 0 Å². The van der Waals surface area contributed by atoms with Crippen LogP contribution in [0.15, 0.2) is 55.1 Å². The Bertz CT molecular complexity index is 1320. The van der Waals surface area contributed by atoms with E-state index >= 15 is 0 Å². The highest BCUT2D eigenvalue weighted by Gasteiger charge is 2.48. The number of hydrogen-bond acceptors (Lipinski definition) is 6. The van der Waals surface area contributed by atoms with Gasteiger partial charge in [-0.1, -0.05) is 18.2 Å². The van der Waals surface area contributed by atoms with Crippen LogP contribution in [0.5, 0.6) is 0 Å². The molecule has 0 saturated carbocycles. The number of nitrogens with zero attached hydrogens (tertiary/aromatic N) is 6. The maximum Gasteiger partial charge on any atom is 0.235 e. The zero-order chi connectivity index (χ0) is 21.7. The van der Waals surface area contributed by atoms with Gasteiger partial charge < -0.3 is 14.8 Å². The maximum absolute atomic E-state index is 12.9. The number of para-hydroxylation sites is 1. The minimum absolute atomic E-state index is 0.111. The van der Waals surface area contributed by atoms with Gasteiger partial charge in [-0.15, -0.1) is 0 Å². The number of imidazole rings is 1. The van der Waals surface area contributed by atoms with E-state index < -0.39 is 5.41 Å². The second-order valence-electron chi connectivity index (χ2n) is 8.36. The molecule has 0 aliphatic carbocycles. The van der Waals surface area contributed by atoms with Gasteiger partial charge in [0.1, 0.15) is 12.2 Å². The van der Waals surface area contributed by atoms with Crippen molar-refractivity contribution < 1.29 is 4.79 Å². The van der Waals surface area contributed by atoms with Crippen LogP contribution in [-0.2, 0) is 16.8 Å². The number of hydrogen-bond donors (Lipinski definition) is 1. The Balaban J connectivity index is 1.37. The number of fused-ring (bicyclic) bond motifs is 3. The van der Waals surface area contributed by atoms with Crippen LogP contribution in [0.2, 0.25) is 0 Å². The van der Waals surface area contributed by atoms with Gasteiger partial charge in [-0.3, -0.25) is 9.78 Å². The molecule has 1 fully saturated rings. The average Bonchev–Trinajstić information content (AvgIpc) is 3.35. The van der Waals surface area contributed by atoms with Gasteiger partial charge in [0.15, 0.2) is 17.0 Å². The molecule has 4 aromatic rings. The van der Waals surface area contributed by atoms with E-state index in [0.717, 1.165) is 72.1 Å². The summed E-state index contributed by atoms with van der Waals surface area (Å²) in [5.74, 6) is 1.78. The van der Waals surface area contributed by atoms with E-state index in [0.29, 0.717) is 0 Å². The van der Waals surface area contributed by atoms with E-state index in [1.165, 1.54) is 0 Å². The molecule has 1 N–H and O–H groups in total. The summed E-state index contributed by atoms with van der Waals surface area (Å²) in [6, 6.07) is 12.0. The molecule has 1 aromatic carbocycles. The summed E-state index contributed by atoms with van der Waals surface area (Å²) >= 11 is 0. The van der Waals surface area contributed by atoms with E-state index in [1.54, 1.807) is 12.5 Å². The molecule has 2 aliphatic heterocycles. The second kappa shape index (κ2) is 7.12. The first-order valence-corrected chi connectivity index (χ1v) is 11.0. The normalized spacial score (nSPS) is 17.0. The highest BCUT2D eigenvalue weighted by molar-refractivity contribution is 6.06. The SMILES string of the molecule is CCn1c(-c2cccnc2)nc2c(N3CCC4(CC3)C(=O)Nc3ccccc34)ncnc21. The van der Waals surface area contributed by atoms with E-state index in [9.17, 15) is 4.79 Å². The summed E-state index contributed by atoms with van der Waals surface area (Å²) in [5.41, 5.74) is 4.17.